The summed E-state index contributed by atoms with van der Waals surface area (Å²) in [5, 5.41) is 4.62. The number of nitrogens with one attached hydrogen (secondary N) is 2. The van der Waals surface area contributed by atoms with E-state index in [2.05, 4.69) is 20.5 Å². The van der Waals surface area contributed by atoms with Crippen LogP contribution in [0.15, 0.2) is 58.4 Å². The molecule has 9 heteroatoms. The third-order valence-electron chi connectivity index (χ3n) is 4.16. The summed E-state index contributed by atoms with van der Waals surface area (Å²) in [4.78, 5) is 30.9. The van der Waals surface area contributed by atoms with Gasteiger partial charge < -0.3 is 9.47 Å². The smallest absolute Gasteiger partial charge is 0.343 e. The average molecular weight is 441 g/mol. The zero-order chi connectivity index (χ0) is 22.2. The Bertz CT molecular complexity index is 1140. The zero-order valence-corrected chi connectivity index (χ0v) is 17.8. The molecule has 2 N–H and O–H groups in total. The molecule has 0 aliphatic carbocycles. The van der Waals surface area contributed by atoms with Crippen LogP contribution in [0.2, 0.25) is 5.02 Å². The summed E-state index contributed by atoms with van der Waals surface area (Å²) < 4.78 is 10.7. The molecule has 0 amide bonds. The topological polar surface area (TPSA) is 106 Å². The van der Waals surface area contributed by atoms with Gasteiger partial charge in [0.2, 0.25) is 5.95 Å². The number of carbonyl (C=O) groups excluding carboxylic acids is 1. The standard InChI is InChI=1S/C22H21ClN4O4/c1-3-4-17-12-20(28)26-22(25-17)27-24-13-14-5-10-18(19(11-14)30-2)31-21(29)15-6-8-16(23)9-7-15/h5-13H,3-4H2,1-2H3,(H2,25,26,27,28). The number of rotatable bonds is 8. The van der Waals surface area contributed by atoms with Gasteiger partial charge in [-0.3, -0.25) is 9.78 Å². The Labute approximate surface area is 183 Å². The molecular formula is C22H21ClN4O4. The minimum absolute atomic E-state index is 0.246. The van der Waals surface area contributed by atoms with Crippen molar-refractivity contribution in [2.45, 2.75) is 19.8 Å². The minimum Gasteiger partial charge on any atom is -0.493 e. The number of benzene rings is 2. The van der Waals surface area contributed by atoms with Gasteiger partial charge in [0, 0.05) is 16.8 Å². The summed E-state index contributed by atoms with van der Waals surface area (Å²) in [6, 6.07) is 12.8. The van der Waals surface area contributed by atoms with Crippen molar-refractivity contribution in [3.8, 4) is 11.5 Å². The molecule has 3 rings (SSSR count). The molecule has 0 bridgehead atoms. The first-order valence-corrected chi connectivity index (χ1v) is 9.91. The molecule has 0 spiro atoms. The molecule has 0 aliphatic heterocycles. The molecule has 160 valence electrons. The van der Waals surface area contributed by atoms with E-state index >= 15 is 0 Å². The van der Waals surface area contributed by atoms with Gasteiger partial charge in [0.1, 0.15) is 0 Å². The van der Waals surface area contributed by atoms with Gasteiger partial charge in [-0.05, 0) is 54.4 Å². The molecule has 1 aromatic heterocycles. The summed E-state index contributed by atoms with van der Waals surface area (Å²) in [5.41, 5.74) is 4.21. The second-order valence-electron chi connectivity index (χ2n) is 6.51. The van der Waals surface area contributed by atoms with Crippen molar-refractivity contribution < 1.29 is 14.3 Å². The van der Waals surface area contributed by atoms with E-state index in [-0.39, 0.29) is 17.3 Å². The fourth-order valence-electron chi connectivity index (χ4n) is 2.71. The summed E-state index contributed by atoms with van der Waals surface area (Å²) in [7, 11) is 1.47. The number of H-pyrrole nitrogens is 1. The van der Waals surface area contributed by atoms with Gasteiger partial charge >= 0.3 is 5.97 Å². The van der Waals surface area contributed by atoms with Crippen molar-refractivity contribution in [1.29, 1.82) is 0 Å². The van der Waals surface area contributed by atoms with Gasteiger partial charge in [-0.25, -0.2) is 15.2 Å². The van der Waals surface area contributed by atoms with Crippen molar-refractivity contribution in [3.63, 3.8) is 0 Å². The molecule has 0 unspecified atom stereocenters. The van der Waals surface area contributed by atoms with E-state index in [1.54, 1.807) is 42.5 Å². The van der Waals surface area contributed by atoms with Gasteiger partial charge in [-0.1, -0.05) is 24.9 Å². The maximum Gasteiger partial charge on any atom is 0.343 e. The van der Waals surface area contributed by atoms with Crippen LogP contribution >= 0.6 is 11.6 Å². The predicted octanol–water partition coefficient (Wildman–Crippen LogP) is 4.05. The quantitative estimate of drug-likeness (QED) is 0.237. The molecule has 0 atom stereocenters. The maximum atomic E-state index is 12.3. The average Bonchev–Trinajstić information content (AvgIpc) is 2.75. The van der Waals surface area contributed by atoms with Crippen molar-refractivity contribution in [1.82, 2.24) is 9.97 Å². The fraction of sp³-hybridized carbons (Fsp3) is 0.182. The van der Waals surface area contributed by atoms with Crippen LogP contribution in [0.4, 0.5) is 5.95 Å². The Kier molecular flexibility index (Phi) is 7.40. The molecular weight excluding hydrogens is 420 g/mol. The van der Waals surface area contributed by atoms with Gasteiger partial charge in [0.15, 0.2) is 11.5 Å². The van der Waals surface area contributed by atoms with Crippen molar-refractivity contribution in [2.75, 3.05) is 12.5 Å². The number of ether oxygens (including phenoxy) is 2. The molecule has 31 heavy (non-hydrogen) atoms. The van der Waals surface area contributed by atoms with Crippen molar-refractivity contribution in [2.24, 2.45) is 5.10 Å². The highest BCUT2D eigenvalue weighted by atomic mass is 35.5. The first kappa shape index (κ1) is 22.0. The number of anilines is 1. The van der Waals surface area contributed by atoms with E-state index < -0.39 is 5.97 Å². The fourth-order valence-corrected chi connectivity index (χ4v) is 2.83. The predicted molar refractivity (Wildman–Crippen MR) is 119 cm³/mol. The van der Waals surface area contributed by atoms with E-state index in [1.807, 2.05) is 6.92 Å². The molecule has 0 fully saturated rings. The number of aromatic nitrogens is 2. The lowest BCUT2D eigenvalue weighted by molar-refractivity contribution is 0.0729. The van der Waals surface area contributed by atoms with Gasteiger partial charge in [-0.2, -0.15) is 5.10 Å². The Morgan fingerprint density at radius 2 is 1.97 bits per heavy atom. The second kappa shape index (κ2) is 10.4. The number of methoxy groups -OCH3 is 1. The van der Waals surface area contributed by atoms with E-state index in [0.29, 0.717) is 34.0 Å². The second-order valence-corrected chi connectivity index (χ2v) is 6.95. The molecule has 8 nitrogen and oxygen atoms in total. The van der Waals surface area contributed by atoms with Gasteiger partial charge in [-0.15, -0.1) is 0 Å². The molecule has 2 aromatic carbocycles. The van der Waals surface area contributed by atoms with Crippen LogP contribution < -0.4 is 20.5 Å². The third kappa shape index (κ3) is 6.16. The van der Waals surface area contributed by atoms with Crippen LogP contribution in [0.5, 0.6) is 11.5 Å². The highest BCUT2D eigenvalue weighted by Gasteiger charge is 2.13. The Morgan fingerprint density at radius 1 is 1.19 bits per heavy atom. The molecule has 0 saturated heterocycles. The van der Waals surface area contributed by atoms with E-state index in [1.165, 1.54) is 19.4 Å². The first-order chi connectivity index (χ1) is 15.0. The monoisotopic (exact) mass is 440 g/mol. The lowest BCUT2D eigenvalue weighted by Gasteiger charge is -2.10. The summed E-state index contributed by atoms with van der Waals surface area (Å²) in [6.07, 6.45) is 3.11. The van der Waals surface area contributed by atoms with Crippen LogP contribution in [0.1, 0.15) is 35.0 Å². The lowest BCUT2D eigenvalue weighted by Crippen LogP contribution is -2.12. The molecule has 3 aromatic rings. The highest BCUT2D eigenvalue weighted by Crippen LogP contribution is 2.28. The highest BCUT2D eigenvalue weighted by molar-refractivity contribution is 6.30. The van der Waals surface area contributed by atoms with Crippen LogP contribution in [0.25, 0.3) is 0 Å². The molecule has 0 saturated carbocycles. The zero-order valence-electron chi connectivity index (χ0n) is 17.0. The van der Waals surface area contributed by atoms with E-state index in [9.17, 15) is 9.59 Å². The summed E-state index contributed by atoms with van der Waals surface area (Å²) in [6.45, 7) is 2.01. The number of esters is 1. The minimum atomic E-state index is -0.528. The number of hydrogen-bond acceptors (Lipinski definition) is 7. The normalized spacial score (nSPS) is 10.8. The van der Waals surface area contributed by atoms with Crippen LogP contribution in [-0.4, -0.2) is 29.3 Å². The molecule has 0 radical (unpaired) electrons. The number of hydrogen-bond donors (Lipinski definition) is 2. The Hall–Kier alpha value is -3.65. The molecule has 1 heterocycles. The number of nitrogens with zero attached hydrogens (tertiary/aromatic N) is 2. The SMILES string of the molecule is CCCc1cc(=O)[nH]c(NN=Cc2ccc(OC(=O)c3ccc(Cl)cc3)c(OC)c2)n1. The maximum absolute atomic E-state index is 12.3. The lowest BCUT2D eigenvalue weighted by atomic mass is 10.2. The Balaban J connectivity index is 1.70. The summed E-state index contributed by atoms with van der Waals surface area (Å²) >= 11 is 5.84. The van der Waals surface area contributed by atoms with E-state index in [0.717, 1.165) is 6.42 Å². The van der Waals surface area contributed by atoms with Crippen molar-refractivity contribution in [3.05, 3.63) is 80.7 Å². The Morgan fingerprint density at radius 3 is 2.68 bits per heavy atom. The van der Waals surface area contributed by atoms with E-state index in [4.69, 9.17) is 21.1 Å². The number of hydrazone groups is 1. The summed E-state index contributed by atoms with van der Waals surface area (Å²) in [5.74, 6) is 0.362. The number of aryl methyl sites for hydroxylation is 1. The molecule has 0 aliphatic rings. The first-order valence-electron chi connectivity index (χ1n) is 9.53. The number of halogens is 1. The largest absolute Gasteiger partial charge is 0.493 e. The van der Waals surface area contributed by atoms with Crippen LogP contribution in [-0.2, 0) is 6.42 Å². The van der Waals surface area contributed by atoms with Gasteiger partial charge in [0.05, 0.1) is 18.9 Å². The number of aromatic amines is 1. The third-order valence-corrected chi connectivity index (χ3v) is 4.41. The number of carbonyl (C=O) groups is 1. The van der Waals surface area contributed by atoms with Crippen LogP contribution in [0.3, 0.4) is 0 Å². The van der Waals surface area contributed by atoms with Crippen molar-refractivity contribution >= 4 is 29.7 Å². The van der Waals surface area contributed by atoms with Gasteiger partial charge in [0.25, 0.3) is 5.56 Å². The van der Waals surface area contributed by atoms with Crippen LogP contribution in [0, 0.1) is 0 Å².